The average molecular weight is 314 g/mol. The maximum atomic E-state index is 12.9. The summed E-state index contributed by atoms with van der Waals surface area (Å²) in [4.78, 5) is 17.6. The van der Waals surface area contributed by atoms with Gasteiger partial charge in [0.1, 0.15) is 0 Å². The summed E-state index contributed by atoms with van der Waals surface area (Å²) >= 11 is 0. The summed E-state index contributed by atoms with van der Waals surface area (Å²) in [5.41, 5.74) is 1.37. The van der Waals surface area contributed by atoms with Crippen LogP contribution < -0.4 is 0 Å². The highest BCUT2D eigenvalue weighted by atomic mass is 16.2. The van der Waals surface area contributed by atoms with Gasteiger partial charge >= 0.3 is 0 Å². The Balaban J connectivity index is 1.62. The maximum absolute atomic E-state index is 12.9. The van der Waals surface area contributed by atoms with Crippen LogP contribution in [0.25, 0.3) is 0 Å². The summed E-state index contributed by atoms with van der Waals surface area (Å²) in [6.07, 6.45) is 6.98. The zero-order chi connectivity index (χ0) is 16.1. The molecule has 0 aromatic heterocycles. The quantitative estimate of drug-likeness (QED) is 0.827. The van der Waals surface area contributed by atoms with Crippen LogP contribution in [0.3, 0.4) is 0 Å². The minimum atomic E-state index is 0.315. The van der Waals surface area contributed by atoms with Crippen molar-refractivity contribution in [2.75, 3.05) is 19.6 Å². The van der Waals surface area contributed by atoms with Crippen LogP contribution in [0.1, 0.15) is 51.0 Å². The van der Waals surface area contributed by atoms with Crippen LogP contribution in [0.4, 0.5) is 0 Å². The summed E-state index contributed by atoms with van der Waals surface area (Å²) in [6.45, 7) is 6.18. The standard InChI is InChI=1S/C20H30N2O/c1-2-8-19-16-21(15-17-9-4-3-5-10-17)13-14-22(19)20(23)18-11-6-7-12-18/h3-5,9-10,18-19H,2,6-8,11-16H2,1H3/t19-/m1/s1. The van der Waals surface area contributed by atoms with Crippen molar-refractivity contribution in [2.24, 2.45) is 5.92 Å². The number of carbonyl (C=O) groups is 1. The number of amides is 1. The van der Waals surface area contributed by atoms with Crippen molar-refractivity contribution >= 4 is 5.91 Å². The molecule has 1 atom stereocenters. The van der Waals surface area contributed by atoms with Gasteiger partial charge in [-0.25, -0.2) is 0 Å². The molecule has 0 bridgehead atoms. The van der Waals surface area contributed by atoms with E-state index in [1.165, 1.54) is 18.4 Å². The molecule has 3 rings (SSSR count). The van der Waals surface area contributed by atoms with Gasteiger partial charge in [0.15, 0.2) is 0 Å². The lowest BCUT2D eigenvalue weighted by molar-refractivity contribution is -0.140. The number of rotatable bonds is 5. The van der Waals surface area contributed by atoms with Gasteiger partial charge in [0.25, 0.3) is 0 Å². The summed E-state index contributed by atoms with van der Waals surface area (Å²) in [7, 11) is 0. The van der Waals surface area contributed by atoms with Crippen molar-refractivity contribution < 1.29 is 4.79 Å². The molecular formula is C20H30N2O. The Labute approximate surface area is 140 Å². The third-order valence-corrected chi connectivity index (χ3v) is 5.43. The molecule has 0 N–H and O–H groups in total. The predicted molar refractivity (Wildman–Crippen MR) is 94.1 cm³/mol. The van der Waals surface area contributed by atoms with Crippen LogP contribution in [0.15, 0.2) is 30.3 Å². The third-order valence-electron chi connectivity index (χ3n) is 5.43. The topological polar surface area (TPSA) is 23.6 Å². The number of hydrogen-bond donors (Lipinski definition) is 0. The van der Waals surface area contributed by atoms with Gasteiger partial charge in [0.2, 0.25) is 5.91 Å². The van der Waals surface area contributed by atoms with E-state index in [0.717, 1.165) is 51.9 Å². The second-order valence-electron chi connectivity index (χ2n) is 7.18. The van der Waals surface area contributed by atoms with E-state index in [0.29, 0.717) is 17.9 Å². The van der Waals surface area contributed by atoms with Crippen molar-refractivity contribution in [3.63, 3.8) is 0 Å². The lowest BCUT2D eigenvalue weighted by Gasteiger charge is -2.42. The molecule has 2 fully saturated rings. The number of carbonyl (C=O) groups excluding carboxylic acids is 1. The molecule has 1 aliphatic carbocycles. The van der Waals surface area contributed by atoms with E-state index in [-0.39, 0.29) is 0 Å². The Hall–Kier alpha value is -1.35. The van der Waals surface area contributed by atoms with Crippen LogP contribution in [0, 0.1) is 5.92 Å². The van der Waals surface area contributed by atoms with Crippen molar-refractivity contribution in [1.29, 1.82) is 0 Å². The Kier molecular flexibility index (Phi) is 5.71. The van der Waals surface area contributed by atoms with Crippen molar-refractivity contribution in [3.05, 3.63) is 35.9 Å². The fourth-order valence-electron chi connectivity index (χ4n) is 4.18. The SMILES string of the molecule is CCC[C@@H]1CN(Cc2ccccc2)CCN1C(=O)C1CCCC1. The monoisotopic (exact) mass is 314 g/mol. The Bertz CT molecular complexity index is 496. The van der Waals surface area contributed by atoms with Gasteiger partial charge in [-0.3, -0.25) is 9.69 Å². The molecule has 2 aliphatic rings. The first-order chi connectivity index (χ1) is 11.3. The second-order valence-corrected chi connectivity index (χ2v) is 7.18. The smallest absolute Gasteiger partial charge is 0.226 e. The van der Waals surface area contributed by atoms with Gasteiger partial charge in [-0.05, 0) is 24.8 Å². The highest BCUT2D eigenvalue weighted by molar-refractivity contribution is 5.79. The van der Waals surface area contributed by atoms with Gasteiger partial charge in [0.05, 0.1) is 0 Å². The molecule has 1 aromatic rings. The van der Waals surface area contributed by atoms with Crippen LogP contribution in [0.5, 0.6) is 0 Å². The molecule has 1 saturated carbocycles. The van der Waals surface area contributed by atoms with Crippen molar-refractivity contribution in [1.82, 2.24) is 9.80 Å². The van der Waals surface area contributed by atoms with Crippen LogP contribution >= 0.6 is 0 Å². The minimum absolute atomic E-state index is 0.315. The molecule has 1 aromatic carbocycles. The molecule has 0 spiro atoms. The fourth-order valence-corrected chi connectivity index (χ4v) is 4.18. The first-order valence-electron chi connectivity index (χ1n) is 9.34. The third kappa shape index (κ3) is 4.14. The molecule has 1 saturated heterocycles. The van der Waals surface area contributed by atoms with Crippen LogP contribution in [-0.4, -0.2) is 41.4 Å². The molecule has 1 aliphatic heterocycles. The molecule has 126 valence electrons. The van der Waals surface area contributed by atoms with E-state index >= 15 is 0 Å². The normalized spacial score (nSPS) is 23.3. The van der Waals surface area contributed by atoms with E-state index in [1.807, 2.05) is 0 Å². The van der Waals surface area contributed by atoms with Gasteiger partial charge in [-0.1, -0.05) is 56.5 Å². The molecule has 3 nitrogen and oxygen atoms in total. The van der Waals surface area contributed by atoms with Gasteiger partial charge in [-0.2, -0.15) is 0 Å². The van der Waals surface area contributed by atoms with Crippen molar-refractivity contribution in [3.8, 4) is 0 Å². The zero-order valence-corrected chi connectivity index (χ0v) is 14.4. The van der Waals surface area contributed by atoms with E-state index in [9.17, 15) is 4.79 Å². The van der Waals surface area contributed by atoms with E-state index < -0.39 is 0 Å². The zero-order valence-electron chi connectivity index (χ0n) is 14.4. The van der Waals surface area contributed by atoms with Crippen LogP contribution in [-0.2, 0) is 11.3 Å². The second kappa shape index (κ2) is 7.96. The van der Waals surface area contributed by atoms with E-state index in [4.69, 9.17) is 0 Å². The lowest BCUT2D eigenvalue weighted by Crippen LogP contribution is -2.56. The molecule has 0 unspecified atom stereocenters. The summed E-state index contributed by atoms with van der Waals surface area (Å²) in [5.74, 6) is 0.760. The highest BCUT2D eigenvalue weighted by Gasteiger charge is 2.34. The van der Waals surface area contributed by atoms with Gasteiger partial charge < -0.3 is 4.90 Å². The average Bonchev–Trinajstić information content (AvgIpc) is 3.10. The van der Waals surface area contributed by atoms with E-state index in [1.54, 1.807) is 0 Å². The Morgan fingerprint density at radius 3 is 2.57 bits per heavy atom. The van der Waals surface area contributed by atoms with Gasteiger partial charge in [-0.15, -0.1) is 0 Å². The Morgan fingerprint density at radius 1 is 1.13 bits per heavy atom. The maximum Gasteiger partial charge on any atom is 0.226 e. The first-order valence-corrected chi connectivity index (χ1v) is 9.34. The van der Waals surface area contributed by atoms with Crippen molar-refractivity contribution in [2.45, 2.75) is 58.0 Å². The first kappa shape index (κ1) is 16.5. The summed E-state index contributed by atoms with van der Waals surface area (Å²) < 4.78 is 0. The highest BCUT2D eigenvalue weighted by Crippen LogP contribution is 2.29. The van der Waals surface area contributed by atoms with E-state index in [2.05, 4.69) is 47.1 Å². The molecule has 23 heavy (non-hydrogen) atoms. The summed E-state index contributed by atoms with van der Waals surface area (Å²) in [5, 5.41) is 0. The molecule has 3 heteroatoms. The number of nitrogens with zero attached hydrogens (tertiary/aromatic N) is 2. The molecule has 1 heterocycles. The van der Waals surface area contributed by atoms with Gasteiger partial charge in [0, 0.05) is 38.1 Å². The molecule has 0 radical (unpaired) electrons. The number of piperazine rings is 1. The van der Waals surface area contributed by atoms with Crippen LogP contribution in [0.2, 0.25) is 0 Å². The lowest BCUT2D eigenvalue weighted by atomic mass is 10.0. The molecular weight excluding hydrogens is 284 g/mol. The predicted octanol–water partition coefficient (Wildman–Crippen LogP) is 3.69. The fraction of sp³-hybridized carbons (Fsp3) is 0.650. The minimum Gasteiger partial charge on any atom is -0.337 e. The summed E-state index contributed by atoms with van der Waals surface area (Å²) in [6, 6.07) is 11.1. The number of benzene rings is 1. The number of hydrogen-bond acceptors (Lipinski definition) is 2. The Morgan fingerprint density at radius 2 is 1.87 bits per heavy atom. The molecule has 1 amide bonds. The largest absolute Gasteiger partial charge is 0.337 e.